The minimum Gasteiger partial charge on any atom is -1.00 e. The Morgan fingerprint density at radius 3 is 1.17 bits per heavy atom. The predicted octanol–water partition coefficient (Wildman–Crippen LogP) is 11.5. The maximum Gasteiger partial charge on any atom is 0.241 e. The Morgan fingerprint density at radius 2 is 0.798 bits per heavy atom. The van der Waals surface area contributed by atoms with Crippen LogP contribution in [0, 0.1) is 69.2 Å². The molecule has 2 fully saturated rings. The van der Waals surface area contributed by atoms with Crippen molar-refractivity contribution in [1.82, 2.24) is 15.1 Å². The molecule has 2 heterocycles. The highest BCUT2D eigenvalue weighted by atomic mass is 79.9. The Kier molecular flexibility index (Phi) is 60.1. The Labute approximate surface area is 736 Å². The lowest BCUT2D eigenvalue weighted by Crippen LogP contribution is -3.00. The van der Waals surface area contributed by atoms with Gasteiger partial charge >= 0.3 is 0 Å². The van der Waals surface area contributed by atoms with Crippen LogP contribution in [-0.4, -0.2) is 214 Å². The van der Waals surface area contributed by atoms with Gasteiger partial charge in [-0.05, 0) is 257 Å². The topological polar surface area (TPSA) is 197 Å². The Balaban J connectivity index is 0.000000774. The van der Waals surface area contributed by atoms with Gasteiger partial charge < -0.3 is 74.0 Å². The Bertz CT molecular complexity index is 3370. The van der Waals surface area contributed by atoms with E-state index in [1.807, 2.05) is 96.1 Å². The highest BCUT2D eigenvalue weighted by Gasteiger charge is 2.33. The van der Waals surface area contributed by atoms with Gasteiger partial charge in [0, 0.05) is 60.5 Å². The number of hydrogen-bond donors (Lipinski definition) is 6. The first-order chi connectivity index (χ1) is 53.8. The lowest BCUT2D eigenvalue weighted by molar-refractivity contribution is -0.921. The summed E-state index contributed by atoms with van der Waals surface area (Å²) in [5.41, 5.74) is 17.2. The third-order valence-corrected chi connectivity index (χ3v) is 24.2. The van der Waals surface area contributed by atoms with Gasteiger partial charge in [-0.15, -0.1) is 0 Å². The molecule has 15 nitrogen and oxygen atoms in total. The first-order valence-corrected chi connectivity index (χ1v) is 45.9. The van der Waals surface area contributed by atoms with Gasteiger partial charge in [-0.25, -0.2) is 0 Å². The number of aryl methyl sites for hydroxylation is 10. The fraction of sp³-hybridized carbons (Fsp3) is 0.628. The largest absolute Gasteiger partial charge is 1.00 e. The minimum atomic E-state index is -0.0842. The number of hydrogen-bond acceptors (Lipinski definition) is 12. The maximum absolute atomic E-state index is 13.3. The third-order valence-electron chi connectivity index (χ3n) is 22.6. The van der Waals surface area contributed by atoms with Crippen LogP contribution in [0.15, 0.2) is 91.0 Å². The molecule has 6 N–H and O–H groups in total. The molecule has 0 spiro atoms. The summed E-state index contributed by atoms with van der Waals surface area (Å²) in [7, 11) is 0. The zero-order valence-corrected chi connectivity index (χ0v) is 80.1. The van der Waals surface area contributed by atoms with Gasteiger partial charge in [0.15, 0.2) is 23.1 Å². The summed E-state index contributed by atoms with van der Waals surface area (Å²) in [4.78, 5) is 67.9. The van der Waals surface area contributed by atoms with Crippen molar-refractivity contribution in [1.29, 1.82) is 0 Å². The quantitative estimate of drug-likeness (QED) is 0.0123. The van der Waals surface area contributed by atoms with Gasteiger partial charge in [-0.1, -0.05) is 191 Å². The van der Waals surface area contributed by atoms with Crippen LogP contribution in [-0.2, 0) is 49.7 Å². The highest BCUT2D eigenvalue weighted by molar-refractivity contribution is 9.09. The average molecular weight is 1910 g/mol. The summed E-state index contributed by atoms with van der Waals surface area (Å²) >= 11 is 10.3. The van der Waals surface area contributed by atoms with Crippen LogP contribution in [0.5, 0.6) is 0 Å². The molecule has 644 valence electrons. The monoisotopic (exact) mass is 1900 g/mol. The van der Waals surface area contributed by atoms with Gasteiger partial charge in [0.2, 0.25) is 5.91 Å². The van der Waals surface area contributed by atoms with Gasteiger partial charge in [-0.3, -0.25) is 33.8 Å². The number of unbranched alkanes of at least 4 members (excludes halogenated alkanes) is 9. The second-order valence-corrected chi connectivity index (χ2v) is 34.3. The standard InChI is InChI=1S/C35H53N3O4.C23H39BrNO.C15H23NO3.C15H21NO.C6H12Br2.2BrH/c1-27-13-11-14-28(2)32(27)25-31(41)26-38(21-23-39,22-24-40)20-10-6-5-8-18-37-19-9-7-17-33(37)35(42)36-34-29(3)15-12-16-30(34)4;1-5-15-25(16-6-2,17-10-8-7-9-14-24)19-22(26)18-23-20(3)12-11-13-21(23)4;1-12-4-3-5-13(2)15(12)10-14(19)11-16(6-8-17)7-9-18;1-11-6-5-7-12(2)13(11)10-15(17)14-8-3-4-9-16-14;7-5-3-1-2-4-6-8;;/h11-16,33,39-40H,5-10,17-26H2,1-4H3;11-13H,5-10,14-19H2,1-4H3;3-5,17-18H,6-11H2,1-2H3;5-7,14,16H,3-4,8-10H2,1-2H3;1-6H2;2*1H/q;+1;;;;;/p-1. The van der Waals surface area contributed by atoms with E-state index in [4.69, 9.17) is 10.2 Å². The number of nitrogens with zero attached hydrogens (tertiary/aromatic N) is 4. The van der Waals surface area contributed by atoms with Crippen molar-refractivity contribution < 1.29 is 87.3 Å². The second kappa shape index (κ2) is 63.3. The van der Waals surface area contributed by atoms with E-state index < -0.39 is 0 Å². The predicted molar refractivity (Wildman–Crippen MR) is 480 cm³/mol. The number of aliphatic hydroxyl groups excluding tert-OH is 4. The molecule has 2 saturated heterocycles. The van der Waals surface area contributed by atoms with E-state index in [2.05, 4.69) is 141 Å². The van der Waals surface area contributed by atoms with Crippen molar-refractivity contribution in [3.05, 3.63) is 169 Å². The third kappa shape index (κ3) is 42.0. The Morgan fingerprint density at radius 1 is 0.439 bits per heavy atom. The molecular formula is C94H149Br5N6O9. The number of amides is 1. The zero-order chi connectivity index (χ0) is 82.7. The molecule has 0 radical (unpaired) electrons. The molecule has 2 aliphatic heterocycles. The van der Waals surface area contributed by atoms with Crippen molar-refractivity contribution in [2.24, 2.45) is 0 Å². The summed E-state index contributed by atoms with van der Waals surface area (Å²) in [6, 6.07) is 30.8. The van der Waals surface area contributed by atoms with E-state index in [-0.39, 0.29) is 96.5 Å². The number of benzene rings is 5. The molecular weight excluding hydrogens is 1760 g/mol. The number of piperidine rings is 2. The molecule has 2 aliphatic rings. The molecule has 5 aromatic rings. The van der Waals surface area contributed by atoms with E-state index in [9.17, 15) is 34.2 Å². The van der Waals surface area contributed by atoms with Crippen molar-refractivity contribution >= 4 is 82.5 Å². The summed E-state index contributed by atoms with van der Waals surface area (Å²) < 4.78 is 1.43. The number of rotatable bonds is 47. The molecule has 7 rings (SSSR count). The summed E-state index contributed by atoms with van der Waals surface area (Å²) in [6.45, 7) is 35.2. The molecule has 20 heteroatoms. The van der Waals surface area contributed by atoms with E-state index in [0.717, 1.165) is 181 Å². The second-order valence-electron chi connectivity index (χ2n) is 31.9. The molecule has 114 heavy (non-hydrogen) atoms. The molecule has 1 amide bonds. The van der Waals surface area contributed by atoms with E-state index >= 15 is 0 Å². The molecule has 0 aliphatic carbocycles. The van der Waals surface area contributed by atoms with Gasteiger partial charge in [0.25, 0.3) is 0 Å². The van der Waals surface area contributed by atoms with E-state index in [1.54, 1.807) is 4.90 Å². The highest BCUT2D eigenvalue weighted by Crippen LogP contribution is 2.26. The van der Waals surface area contributed by atoms with Crippen LogP contribution in [0.3, 0.4) is 0 Å². The van der Waals surface area contributed by atoms with Crippen LogP contribution in [0.2, 0.25) is 0 Å². The number of ketones is 4. The number of halogens is 5. The smallest absolute Gasteiger partial charge is 0.241 e. The number of likely N-dealkylation sites (tertiary alicyclic amines) is 1. The van der Waals surface area contributed by atoms with Crippen LogP contribution in [0.1, 0.15) is 220 Å². The molecule has 0 bridgehead atoms. The molecule has 2 unspecified atom stereocenters. The zero-order valence-electron chi connectivity index (χ0n) is 72.1. The lowest BCUT2D eigenvalue weighted by Gasteiger charge is -2.38. The van der Waals surface area contributed by atoms with Crippen LogP contribution in [0.4, 0.5) is 5.69 Å². The number of quaternary nitrogens is 2. The maximum atomic E-state index is 13.3. The number of para-hydroxylation sites is 1. The summed E-state index contributed by atoms with van der Waals surface area (Å²) in [5, 5.41) is 47.5. The van der Waals surface area contributed by atoms with Crippen molar-refractivity contribution in [3.8, 4) is 0 Å². The fourth-order valence-electron chi connectivity index (χ4n) is 16.1. The lowest BCUT2D eigenvalue weighted by atomic mass is 9.92. The van der Waals surface area contributed by atoms with Crippen molar-refractivity contribution in [2.45, 2.75) is 249 Å². The van der Waals surface area contributed by atoms with Crippen LogP contribution >= 0.6 is 47.8 Å². The normalized spacial score (nSPS) is 14.1. The fourth-order valence-corrected chi connectivity index (χ4v) is 17.3. The number of nitrogens with one attached hydrogen (secondary N) is 2. The number of alkyl halides is 3. The number of anilines is 1. The number of Topliss-reactive ketones (excluding diaryl/α,β-unsaturated/α-hetero) is 4. The van der Waals surface area contributed by atoms with Crippen molar-refractivity contribution in [3.63, 3.8) is 0 Å². The van der Waals surface area contributed by atoms with Gasteiger partial charge in [0.1, 0.15) is 26.2 Å². The number of carbonyl (C=O) groups excluding carboxylic acids is 5. The van der Waals surface area contributed by atoms with Crippen LogP contribution < -0.4 is 44.6 Å². The molecule has 5 aromatic carbocycles. The summed E-state index contributed by atoms with van der Waals surface area (Å²) in [5.74, 6) is 1.13. The number of carbonyl (C=O) groups is 5. The van der Waals surface area contributed by atoms with Crippen LogP contribution in [0.25, 0.3) is 0 Å². The summed E-state index contributed by atoms with van der Waals surface area (Å²) in [6.07, 6.45) is 25.3. The molecule has 2 atom stereocenters. The molecule has 0 saturated carbocycles. The minimum absolute atomic E-state index is 0. The van der Waals surface area contributed by atoms with Gasteiger partial charge in [-0.2, -0.15) is 0 Å². The first kappa shape index (κ1) is 108. The average Bonchev–Trinajstić information content (AvgIpc) is 0.851. The van der Waals surface area contributed by atoms with Gasteiger partial charge in [0.05, 0.1) is 71.2 Å². The van der Waals surface area contributed by atoms with E-state index in [1.165, 1.54) is 97.6 Å². The Hall–Kier alpha value is -3.71. The first-order valence-electron chi connectivity index (χ1n) is 42.5. The number of aliphatic hydroxyl groups is 4. The van der Waals surface area contributed by atoms with Crippen molar-refractivity contribution in [2.75, 3.05) is 139 Å². The van der Waals surface area contributed by atoms with E-state index in [0.29, 0.717) is 81.0 Å². The SMILES string of the molecule is BrCCCCCCBr.CCC[N+](CCC)(CCCCCCBr)CC(=O)Cc1c(C)cccc1C.Cc1cccc(C)c1CC(=O)C1CCCCN1.Cc1cccc(C)c1CC(=O)CN(CCO)CCO.Cc1cccc(C)c1CC(=O)C[N+](CCO)(CCO)CCCCCCN1CCCCC1C(=O)Nc1c(C)cccc1C.[Br-].[Br-]. The molecule has 0 aromatic heterocycles.